The van der Waals surface area contributed by atoms with E-state index in [0.29, 0.717) is 10.8 Å². The van der Waals surface area contributed by atoms with Crippen molar-refractivity contribution in [2.75, 3.05) is 5.73 Å². The molecule has 0 unspecified atom stereocenters. The maximum absolute atomic E-state index is 11.9. The summed E-state index contributed by atoms with van der Waals surface area (Å²) in [5, 5.41) is 4.93. The summed E-state index contributed by atoms with van der Waals surface area (Å²) >= 11 is 4.72. The normalized spacial score (nSPS) is 12.1. The zero-order chi connectivity index (χ0) is 13.1. The van der Waals surface area contributed by atoms with Crippen LogP contribution in [-0.4, -0.2) is 10.9 Å². The van der Waals surface area contributed by atoms with Gasteiger partial charge in [0.15, 0.2) is 5.13 Å². The zero-order valence-electron chi connectivity index (χ0n) is 9.68. The monoisotopic (exact) mass is 325 g/mol. The number of carbonyl (C=O) groups is 1. The smallest absolute Gasteiger partial charge is 0.271 e. The molecule has 0 bridgehead atoms. The molecule has 1 amide bonds. The van der Waals surface area contributed by atoms with E-state index >= 15 is 0 Å². The molecule has 0 spiro atoms. The number of halogens is 1. The first-order valence-corrected chi connectivity index (χ1v) is 7.01. The number of aromatic nitrogens is 1. The van der Waals surface area contributed by atoms with Crippen molar-refractivity contribution in [3.8, 4) is 0 Å². The molecule has 0 fully saturated rings. The van der Waals surface area contributed by atoms with Gasteiger partial charge in [0, 0.05) is 9.85 Å². The van der Waals surface area contributed by atoms with Crippen LogP contribution in [0.3, 0.4) is 0 Å². The van der Waals surface area contributed by atoms with Crippen molar-refractivity contribution in [2.45, 2.75) is 13.0 Å². The number of nitrogens with one attached hydrogen (secondary N) is 1. The van der Waals surface area contributed by atoms with Crippen molar-refractivity contribution >= 4 is 38.3 Å². The van der Waals surface area contributed by atoms with Crippen LogP contribution in [0.25, 0.3) is 0 Å². The third-order valence-electron chi connectivity index (χ3n) is 2.47. The topological polar surface area (TPSA) is 68.0 Å². The average Bonchev–Trinajstić information content (AvgIpc) is 2.76. The van der Waals surface area contributed by atoms with E-state index in [2.05, 4.69) is 26.2 Å². The summed E-state index contributed by atoms with van der Waals surface area (Å²) in [6.07, 6.45) is 0. The van der Waals surface area contributed by atoms with Crippen LogP contribution in [0.15, 0.2) is 34.1 Å². The second-order valence-corrected chi connectivity index (χ2v) is 5.53. The van der Waals surface area contributed by atoms with E-state index in [9.17, 15) is 4.79 Å². The number of hydrogen-bond donors (Lipinski definition) is 2. The predicted octanol–water partition coefficient (Wildman–Crippen LogP) is 2.98. The van der Waals surface area contributed by atoms with Gasteiger partial charge in [-0.3, -0.25) is 4.79 Å². The van der Waals surface area contributed by atoms with Gasteiger partial charge in [0.2, 0.25) is 0 Å². The van der Waals surface area contributed by atoms with Crippen molar-refractivity contribution in [2.24, 2.45) is 0 Å². The van der Waals surface area contributed by atoms with Crippen LogP contribution in [0.2, 0.25) is 0 Å². The maximum atomic E-state index is 11.9. The Labute approximate surface area is 117 Å². The molecule has 1 aromatic carbocycles. The van der Waals surface area contributed by atoms with Crippen molar-refractivity contribution in [3.05, 3.63) is 45.4 Å². The van der Waals surface area contributed by atoms with E-state index in [0.717, 1.165) is 10.0 Å². The van der Waals surface area contributed by atoms with Gasteiger partial charge in [0.25, 0.3) is 5.91 Å². The van der Waals surface area contributed by atoms with Crippen molar-refractivity contribution in [3.63, 3.8) is 0 Å². The Morgan fingerprint density at radius 2 is 2.22 bits per heavy atom. The van der Waals surface area contributed by atoms with Gasteiger partial charge in [-0.2, -0.15) is 0 Å². The number of carbonyl (C=O) groups excluding carboxylic acids is 1. The standard InChI is InChI=1S/C12H12BrN3OS/c1-7(8-4-2-3-5-9(8)13)15-11(17)10-6-18-12(14)16-10/h2-7H,1H3,(H2,14,16)(H,15,17)/t7-/m1/s1. The van der Waals surface area contributed by atoms with Crippen LogP contribution in [0.5, 0.6) is 0 Å². The minimum Gasteiger partial charge on any atom is -0.375 e. The van der Waals surface area contributed by atoms with Gasteiger partial charge < -0.3 is 11.1 Å². The summed E-state index contributed by atoms with van der Waals surface area (Å²) in [5.41, 5.74) is 6.88. The first-order valence-electron chi connectivity index (χ1n) is 5.34. The van der Waals surface area contributed by atoms with Gasteiger partial charge in [0.05, 0.1) is 6.04 Å². The molecule has 0 aliphatic carbocycles. The molecule has 0 aliphatic heterocycles. The lowest BCUT2D eigenvalue weighted by Gasteiger charge is -2.14. The molecule has 1 aromatic heterocycles. The van der Waals surface area contributed by atoms with Crippen LogP contribution in [-0.2, 0) is 0 Å². The summed E-state index contributed by atoms with van der Waals surface area (Å²) in [5.74, 6) is -0.216. The molecule has 2 rings (SSSR count). The Balaban J connectivity index is 2.10. The fourth-order valence-electron chi connectivity index (χ4n) is 1.57. The molecular formula is C12H12BrN3OS. The lowest BCUT2D eigenvalue weighted by Crippen LogP contribution is -2.27. The Morgan fingerprint density at radius 1 is 1.50 bits per heavy atom. The third kappa shape index (κ3) is 2.88. The van der Waals surface area contributed by atoms with Crippen LogP contribution >= 0.6 is 27.3 Å². The number of benzene rings is 1. The van der Waals surface area contributed by atoms with Gasteiger partial charge in [-0.1, -0.05) is 34.1 Å². The highest BCUT2D eigenvalue weighted by atomic mass is 79.9. The molecule has 0 saturated carbocycles. The Bertz CT molecular complexity index is 570. The van der Waals surface area contributed by atoms with Gasteiger partial charge in [-0.15, -0.1) is 11.3 Å². The van der Waals surface area contributed by atoms with E-state index in [1.54, 1.807) is 5.38 Å². The summed E-state index contributed by atoms with van der Waals surface area (Å²) < 4.78 is 0.968. The van der Waals surface area contributed by atoms with Gasteiger partial charge in [-0.25, -0.2) is 4.98 Å². The molecule has 3 N–H and O–H groups in total. The van der Waals surface area contributed by atoms with Crippen molar-refractivity contribution < 1.29 is 4.79 Å². The van der Waals surface area contributed by atoms with E-state index in [-0.39, 0.29) is 11.9 Å². The Kier molecular flexibility index (Phi) is 3.98. The van der Waals surface area contributed by atoms with Crippen LogP contribution in [0, 0.1) is 0 Å². The quantitative estimate of drug-likeness (QED) is 0.911. The summed E-state index contributed by atoms with van der Waals surface area (Å²) in [7, 11) is 0. The highest BCUT2D eigenvalue weighted by molar-refractivity contribution is 9.10. The van der Waals surface area contributed by atoms with E-state index < -0.39 is 0 Å². The van der Waals surface area contributed by atoms with E-state index in [4.69, 9.17) is 5.73 Å². The number of amides is 1. The molecule has 94 valence electrons. The van der Waals surface area contributed by atoms with Crippen molar-refractivity contribution in [1.29, 1.82) is 0 Å². The molecule has 4 nitrogen and oxygen atoms in total. The highest BCUT2D eigenvalue weighted by Gasteiger charge is 2.15. The Morgan fingerprint density at radius 3 is 2.83 bits per heavy atom. The minimum absolute atomic E-state index is 0.101. The SMILES string of the molecule is C[C@@H](NC(=O)c1csc(N)n1)c1ccccc1Br. The summed E-state index contributed by atoms with van der Waals surface area (Å²) in [4.78, 5) is 15.9. The first kappa shape index (κ1) is 13.0. The lowest BCUT2D eigenvalue weighted by molar-refractivity contribution is 0.0935. The zero-order valence-corrected chi connectivity index (χ0v) is 12.1. The van der Waals surface area contributed by atoms with Crippen LogP contribution in [0.4, 0.5) is 5.13 Å². The largest absolute Gasteiger partial charge is 0.375 e. The molecule has 0 radical (unpaired) electrons. The van der Waals surface area contributed by atoms with Gasteiger partial charge >= 0.3 is 0 Å². The maximum Gasteiger partial charge on any atom is 0.271 e. The summed E-state index contributed by atoms with van der Waals surface area (Å²) in [6, 6.07) is 7.67. The number of nitrogens with two attached hydrogens (primary N) is 1. The number of rotatable bonds is 3. The number of anilines is 1. The fraction of sp³-hybridized carbons (Fsp3) is 0.167. The van der Waals surface area contributed by atoms with Crippen molar-refractivity contribution in [1.82, 2.24) is 10.3 Å². The number of thiazole rings is 1. The molecule has 0 aliphatic rings. The molecular weight excluding hydrogens is 314 g/mol. The summed E-state index contributed by atoms with van der Waals surface area (Å²) in [6.45, 7) is 1.92. The first-order chi connectivity index (χ1) is 8.58. The second-order valence-electron chi connectivity index (χ2n) is 3.79. The minimum atomic E-state index is -0.216. The molecule has 1 heterocycles. The molecule has 1 atom stereocenters. The number of hydrogen-bond acceptors (Lipinski definition) is 4. The number of nitrogen functional groups attached to an aromatic ring is 1. The lowest BCUT2D eigenvalue weighted by atomic mass is 10.1. The van der Waals surface area contributed by atoms with Crippen LogP contribution in [0.1, 0.15) is 29.0 Å². The average molecular weight is 326 g/mol. The highest BCUT2D eigenvalue weighted by Crippen LogP contribution is 2.23. The Hall–Kier alpha value is -1.40. The van der Waals surface area contributed by atoms with Crippen LogP contribution < -0.4 is 11.1 Å². The predicted molar refractivity (Wildman–Crippen MR) is 76.5 cm³/mol. The van der Waals surface area contributed by atoms with Gasteiger partial charge in [0.1, 0.15) is 5.69 Å². The fourth-order valence-corrected chi connectivity index (χ4v) is 2.74. The molecule has 0 saturated heterocycles. The van der Waals surface area contributed by atoms with E-state index in [1.807, 2.05) is 31.2 Å². The van der Waals surface area contributed by atoms with Gasteiger partial charge in [-0.05, 0) is 18.6 Å². The molecule has 2 aromatic rings. The molecule has 6 heteroatoms. The molecule has 18 heavy (non-hydrogen) atoms. The number of nitrogens with zero attached hydrogens (tertiary/aromatic N) is 1. The van der Waals surface area contributed by atoms with E-state index in [1.165, 1.54) is 11.3 Å². The second kappa shape index (κ2) is 5.49. The third-order valence-corrected chi connectivity index (χ3v) is 3.87.